The van der Waals surface area contributed by atoms with Gasteiger partial charge in [0.2, 0.25) is 0 Å². The highest BCUT2D eigenvalue weighted by Gasteiger charge is 2.59. The Balaban J connectivity index is 1.81. The van der Waals surface area contributed by atoms with Crippen LogP contribution >= 0.6 is 0 Å². The molecule has 0 saturated heterocycles. The van der Waals surface area contributed by atoms with Crippen LogP contribution in [0.3, 0.4) is 0 Å². The maximum Gasteiger partial charge on any atom is 0.145 e. The molecule has 2 heteroatoms. The number of nitrogens with one attached hydrogen (secondary N) is 1. The van der Waals surface area contributed by atoms with Crippen LogP contribution < -0.4 is 4.90 Å². The van der Waals surface area contributed by atoms with Gasteiger partial charge in [-0.3, -0.25) is 4.79 Å². The predicted molar refractivity (Wildman–Crippen MR) is 58.6 cm³/mol. The van der Waals surface area contributed by atoms with Crippen LogP contribution in [0.1, 0.15) is 25.7 Å². The Hall–Kier alpha value is -0.370. The van der Waals surface area contributed by atoms with Gasteiger partial charge in [-0.1, -0.05) is 6.42 Å². The largest absolute Gasteiger partial charge is 0.339 e. The van der Waals surface area contributed by atoms with Crippen LogP contribution in [0.5, 0.6) is 0 Å². The Labute approximate surface area is 92.0 Å². The molecule has 5 atom stereocenters. The molecule has 1 N–H and O–H groups in total. The number of quaternary nitrogens is 1. The van der Waals surface area contributed by atoms with Crippen molar-refractivity contribution in [3.8, 4) is 0 Å². The molecule has 15 heavy (non-hydrogen) atoms. The third-order valence-electron chi connectivity index (χ3n) is 5.09. The van der Waals surface area contributed by atoms with E-state index in [-0.39, 0.29) is 0 Å². The standard InChI is InChI=1S/C13H21NO/c1-14(2)7-12-10-6-11(13(12)15)9-5-3-4-8(9)10/h8-12H,3-7H2,1-2H3/p+1/t8-,9+,10+,11-,12-/m0/s1. The summed E-state index contributed by atoms with van der Waals surface area (Å²) >= 11 is 0. The van der Waals surface area contributed by atoms with Crippen LogP contribution in [0.25, 0.3) is 0 Å². The molecular formula is C13H22NO+. The Morgan fingerprint density at radius 3 is 2.67 bits per heavy atom. The van der Waals surface area contributed by atoms with Crippen molar-refractivity contribution in [2.45, 2.75) is 25.7 Å². The van der Waals surface area contributed by atoms with Crippen LogP contribution in [0.4, 0.5) is 0 Å². The van der Waals surface area contributed by atoms with Gasteiger partial charge in [0.1, 0.15) is 5.78 Å². The minimum Gasteiger partial charge on any atom is -0.339 e. The molecule has 0 amide bonds. The molecule has 0 spiro atoms. The van der Waals surface area contributed by atoms with Crippen LogP contribution in [0.15, 0.2) is 0 Å². The second kappa shape index (κ2) is 3.31. The average Bonchev–Trinajstić information content (AvgIpc) is 2.77. The Morgan fingerprint density at radius 1 is 1.20 bits per heavy atom. The number of hydrogen-bond donors (Lipinski definition) is 1. The Kier molecular flexibility index (Phi) is 2.17. The number of ketones is 1. The van der Waals surface area contributed by atoms with E-state index in [9.17, 15) is 4.79 Å². The highest BCUT2D eigenvalue weighted by atomic mass is 16.1. The van der Waals surface area contributed by atoms with Gasteiger partial charge in [0.25, 0.3) is 0 Å². The van der Waals surface area contributed by atoms with Crippen molar-refractivity contribution in [1.82, 2.24) is 0 Å². The van der Waals surface area contributed by atoms with Gasteiger partial charge in [0.05, 0.1) is 26.6 Å². The van der Waals surface area contributed by atoms with E-state index in [0.29, 0.717) is 17.6 Å². The van der Waals surface area contributed by atoms with Crippen molar-refractivity contribution in [2.24, 2.45) is 29.6 Å². The van der Waals surface area contributed by atoms with E-state index in [2.05, 4.69) is 14.1 Å². The first-order valence-electron chi connectivity index (χ1n) is 6.51. The second-order valence-corrected chi connectivity index (χ2v) is 6.18. The third kappa shape index (κ3) is 1.30. The van der Waals surface area contributed by atoms with Gasteiger partial charge in [-0.2, -0.15) is 0 Å². The third-order valence-corrected chi connectivity index (χ3v) is 5.09. The highest BCUT2D eigenvalue weighted by Crippen LogP contribution is 2.58. The molecule has 0 aliphatic heterocycles. The van der Waals surface area contributed by atoms with Crippen LogP contribution in [0, 0.1) is 29.6 Å². The zero-order chi connectivity index (χ0) is 10.6. The Morgan fingerprint density at radius 2 is 1.93 bits per heavy atom. The number of hydrogen-bond acceptors (Lipinski definition) is 1. The Bertz CT molecular complexity index is 286. The number of Topliss-reactive ketones (excluding diaryl/α,β-unsaturated/α-hetero) is 1. The van der Waals surface area contributed by atoms with Crippen molar-refractivity contribution in [2.75, 3.05) is 20.6 Å². The van der Waals surface area contributed by atoms with Gasteiger partial charge in [-0.05, 0) is 37.0 Å². The van der Waals surface area contributed by atoms with E-state index >= 15 is 0 Å². The molecule has 84 valence electrons. The summed E-state index contributed by atoms with van der Waals surface area (Å²) in [6, 6.07) is 0. The van der Waals surface area contributed by atoms with Crippen LogP contribution in [-0.2, 0) is 4.79 Å². The summed E-state index contributed by atoms with van der Waals surface area (Å²) < 4.78 is 0. The molecule has 0 aromatic rings. The van der Waals surface area contributed by atoms with Crippen molar-refractivity contribution in [3.63, 3.8) is 0 Å². The number of carbonyl (C=O) groups excluding carboxylic acids is 1. The SMILES string of the molecule is C[NH+](C)C[C@@H]1C(=O)[C@H]2C[C@@H]1[C@H]1CCC[C@H]12. The van der Waals surface area contributed by atoms with Gasteiger partial charge >= 0.3 is 0 Å². The van der Waals surface area contributed by atoms with Gasteiger partial charge in [-0.25, -0.2) is 0 Å². The summed E-state index contributed by atoms with van der Waals surface area (Å²) in [5.74, 6) is 4.02. The molecule has 2 bridgehead atoms. The normalized spacial score (nSPS) is 47.9. The molecule has 3 fully saturated rings. The van der Waals surface area contributed by atoms with Gasteiger partial charge in [-0.15, -0.1) is 0 Å². The fourth-order valence-electron chi connectivity index (χ4n) is 4.66. The smallest absolute Gasteiger partial charge is 0.145 e. The molecule has 2 nitrogen and oxygen atoms in total. The fourth-order valence-corrected chi connectivity index (χ4v) is 4.66. The zero-order valence-corrected chi connectivity index (χ0v) is 9.83. The van der Waals surface area contributed by atoms with Gasteiger partial charge in [0.15, 0.2) is 0 Å². The monoisotopic (exact) mass is 208 g/mol. The van der Waals surface area contributed by atoms with Crippen molar-refractivity contribution >= 4 is 5.78 Å². The zero-order valence-electron chi connectivity index (χ0n) is 9.83. The van der Waals surface area contributed by atoms with Crippen molar-refractivity contribution in [1.29, 1.82) is 0 Å². The molecule has 0 unspecified atom stereocenters. The van der Waals surface area contributed by atoms with Crippen LogP contribution in [-0.4, -0.2) is 26.4 Å². The summed E-state index contributed by atoms with van der Waals surface area (Å²) in [5, 5.41) is 0. The first-order valence-corrected chi connectivity index (χ1v) is 6.51. The summed E-state index contributed by atoms with van der Waals surface area (Å²) in [6.07, 6.45) is 5.39. The molecule has 3 saturated carbocycles. The van der Waals surface area contributed by atoms with E-state index in [1.54, 1.807) is 0 Å². The van der Waals surface area contributed by atoms with Crippen LogP contribution in [0.2, 0.25) is 0 Å². The first-order chi connectivity index (χ1) is 7.18. The minimum atomic E-state index is 0.416. The summed E-state index contributed by atoms with van der Waals surface area (Å²) in [5.41, 5.74) is 0. The maximum atomic E-state index is 12.2. The van der Waals surface area contributed by atoms with Gasteiger partial charge in [0, 0.05) is 5.92 Å². The average molecular weight is 208 g/mol. The summed E-state index contributed by atoms with van der Waals surface area (Å²) in [4.78, 5) is 13.7. The summed E-state index contributed by atoms with van der Waals surface area (Å²) in [7, 11) is 4.34. The maximum absolute atomic E-state index is 12.2. The number of carbonyl (C=O) groups is 1. The molecule has 0 aromatic carbocycles. The quantitative estimate of drug-likeness (QED) is 0.696. The molecule has 0 aromatic heterocycles. The topological polar surface area (TPSA) is 21.5 Å². The lowest BCUT2D eigenvalue weighted by atomic mass is 9.75. The summed E-state index contributed by atoms with van der Waals surface area (Å²) in [6.45, 7) is 1.07. The second-order valence-electron chi connectivity index (χ2n) is 6.18. The molecule has 0 radical (unpaired) electrons. The van der Waals surface area contributed by atoms with Gasteiger partial charge < -0.3 is 4.90 Å². The molecule has 3 rings (SSSR count). The lowest BCUT2D eigenvalue weighted by Gasteiger charge is -2.30. The van der Waals surface area contributed by atoms with Crippen molar-refractivity contribution < 1.29 is 9.69 Å². The molecular weight excluding hydrogens is 186 g/mol. The lowest BCUT2D eigenvalue weighted by Crippen LogP contribution is -3.06. The number of rotatable bonds is 2. The van der Waals surface area contributed by atoms with E-state index in [4.69, 9.17) is 0 Å². The lowest BCUT2D eigenvalue weighted by molar-refractivity contribution is -0.861. The van der Waals surface area contributed by atoms with E-state index in [1.807, 2.05) is 0 Å². The first kappa shape index (κ1) is 9.83. The minimum absolute atomic E-state index is 0.416. The highest BCUT2D eigenvalue weighted by molar-refractivity contribution is 5.87. The predicted octanol–water partition coefficient (Wildman–Crippen LogP) is 0.382. The molecule has 3 aliphatic rings. The van der Waals surface area contributed by atoms with E-state index < -0.39 is 0 Å². The van der Waals surface area contributed by atoms with E-state index in [1.165, 1.54) is 30.6 Å². The molecule has 3 aliphatic carbocycles. The number of fused-ring (bicyclic) bond motifs is 5. The fraction of sp³-hybridized carbons (Fsp3) is 0.923. The van der Waals surface area contributed by atoms with E-state index in [0.717, 1.165) is 24.3 Å². The van der Waals surface area contributed by atoms with Crippen molar-refractivity contribution in [3.05, 3.63) is 0 Å². The molecule has 0 heterocycles.